The lowest BCUT2D eigenvalue weighted by atomic mass is 10.1. The summed E-state index contributed by atoms with van der Waals surface area (Å²) in [6, 6.07) is 9.20. The first kappa shape index (κ1) is 15.8. The number of carbonyl (C=O) groups is 2. The van der Waals surface area contributed by atoms with Gasteiger partial charge in [-0.25, -0.2) is 9.78 Å². The van der Waals surface area contributed by atoms with Crippen LogP contribution in [0.25, 0.3) is 10.8 Å². The predicted molar refractivity (Wildman–Crippen MR) is 81.9 cm³/mol. The Morgan fingerprint density at radius 3 is 2.77 bits per heavy atom. The van der Waals surface area contributed by atoms with Crippen LogP contribution in [0, 0.1) is 0 Å². The highest BCUT2D eigenvalue weighted by Crippen LogP contribution is 2.24. The van der Waals surface area contributed by atoms with Crippen molar-refractivity contribution in [1.82, 2.24) is 10.3 Å². The van der Waals surface area contributed by atoms with E-state index in [1.165, 1.54) is 14.0 Å². The smallest absolute Gasteiger partial charge is 0.357 e. The fourth-order valence-corrected chi connectivity index (χ4v) is 2.00. The van der Waals surface area contributed by atoms with Crippen LogP contribution in [0.4, 0.5) is 0 Å². The zero-order valence-corrected chi connectivity index (χ0v) is 12.6. The number of carbonyl (C=O) groups excluding carboxylic acids is 2. The summed E-state index contributed by atoms with van der Waals surface area (Å²) in [6.07, 6.45) is 0.552. The van der Waals surface area contributed by atoms with Crippen LogP contribution in [-0.4, -0.2) is 37.1 Å². The third-order valence-electron chi connectivity index (χ3n) is 3.04. The lowest BCUT2D eigenvalue weighted by molar-refractivity contribution is -0.118. The first-order chi connectivity index (χ1) is 10.6. The van der Waals surface area contributed by atoms with Crippen molar-refractivity contribution >= 4 is 22.6 Å². The van der Waals surface area contributed by atoms with Gasteiger partial charge in [0.25, 0.3) is 0 Å². The molecule has 1 heterocycles. The van der Waals surface area contributed by atoms with Gasteiger partial charge in [-0.15, -0.1) is 0 Å². The molecule has 0 fully saturated rings. The standard InChI is InChI=1S/C16H18N2O4/c1-11(19)17-8-5-9-22-16(20)14-10-12-6-3-4-7-13(12)15(18-14)21-2/h3-4,6-7,10H,5,8-9H2,1-2H3,(H,17,19). The number of esters is 1. The number of nitrogens with zero attached hydrogens (tertiary/aromatic N) is 1. The van der Waals surface area contributed by atoms with Crippen LogP contribution in [0.1, 0.15) is 23.8 Å². The molecule has 0 atom stereocenters. The molecule has 0 radical (unpaired) electrons. The molecule has 6 heteroatoms. The Kier molecular flexibility index (Phi) is 5.30. The molecule has 116 valence electrons. The third kappa shape index (κ3) is 3.94. The van der Waals surface area contributed by atoms with Crippen molar-refractivity contribution < 1.29 is 19.1 Å². The van der Waals surface area contributed by atoms with Gasteiger partial charge in [0.1, 0.15) is 0 Å². The first-order valence-corrected chi connectivity index (χ1v) is 6.97. The van der Waals surface area contributed by atoms with E-state index in [4.69, 9.17) is 9.47 Å². The Morgan fingerprint density at radius 1 is 1.27 bits per heavy atom. The largest absolute Gasteiger partial charge is 0.481 e. The van der Waals surface area contributed by atoms with E-state index in [0.717, 1.165) is 10.8 Å². The number of ether oxygens (including phenoxy) is 2. The number of nitrogens with one attached hydrogen (secondary N) is 1. The lowest BCUT2D eigenvalue weighted by Crippen LogP contribution is -2.22. The molecule has 0 aliphatic rings. The fourth-order valence-electron chi connectivity index (χ4n) is 2.00. The molecule has 6 nitrogen and oxygen atoms in total. The summed E-state index contributed by atoms with van der Waals surface area (Å²) in [7, 11) is 1.51. The number of hydrogen-bond acceptors (Lipinski definition) is 5. The van der Waals surface area contributed by atoms with Crippen LogP contribution in [0.15, 0.2) is 30.3 Å². The molecule has 2 aromatic rings. The quantitative estimate of drug-likeness (QED) is 0.651. The molecule has 22 heavy (non-hydrogen) atoms. The lowest BCUT2D eigenvalue weighted by Gasteiger charge is -2.08. The molecular formula is C16H18N2O4. The van der Waals surface area contributed by atoms with Gasteiger partial charge in [0.2, 0.25) is 11.8 Å². The van der Waals surface area contributed by atoms with Gasteiger partial charge < -0.3 is 14.8 Å². The fraction of sp³-hybridized carbons (Fsp3) is 0.312. The summed E-state index contributed by atoms with van der Waals surface area (Å²) < 4.78 is 10.4. The molecule has 1 aromatic heterocycles. The van der Waals surface area contributed by atoms with Crippen molar-refractivity contribution in [1.29, 1.82) is 0 Å². The Bertz CT molecular complexity index is 685. The molecule has 2 rings (SSSR count). The van der Waals surface area contributed by atoms with Crippen LogP contribution in [0.2, 0.25) is 0 Å². The Balaban J connectivity index is 2.03. The molecule has 0 bridgehead atoms. The van der Waals surface area contributed by atoms with Gasteiger partial charge in [0, 0.05) is 18.9 Å². The van der Waals surface area contributed by atoms with E-state index < -0.39 is 5.97 Å². The number of methoxy groups -OCH3 is 1. The highest BCUT2D eigenvalue weighted by molar-refractivity contribution is 5.95. The minimum atomic E-state index is -0.508. The van der Waals surface area contributed by atoms with Gasteiger partial charge >= 0.3 is 5.97 Å². The average molecular weight is 302 g/mol. The average Bonchev–Trinajstić information content (AvgIpc) is 2.52. The van der Waals surface area contributed by atoms with Crippen LogP contribution < -0.4 is 10.1 Å². The maximum absolute atomic E-state index is 12.0. The Hall–Kier alpha value is -2.63. The summed E-state index contributed by atoms with van der Waals surface area (Å²) in [5.74, 6) is -0.220. The number of amides is 1. The van der Waals surface area contributed by atoms with E-state index in [9.17, 15) is 9.59 Å². The van der Waals surface area contributed by atoms with Gasteiger partial charge in [0.05, 0.1) is 13.7 Å². The molecule has 0 aliphatic carbocycles. The van der Waals surface area contributed by atoms with E-state index in [-0.39, 0.29) is 18.2 Å². The van der Waals surface area contributed by atoms with E-state index in [1.54, 1.807) is 6.07 Å². The zero-order chi connectivity index (χ0) is 15.9. The van der Waals surface area contributed by atoms with Crippen molar-refractivity contribution in [3.8, 4) is 5.88 Å². The van der Waals surface area contributed by atoms with E-state index >= 15 is 0 Å². The number of pyridine rings is 1. The second-order valence-corrected chi connectivity index (χ2v) is 4.71. The highest BCUT2D eigenvalue weighted by atomic mass is 16.5. The second kappa shape index (κ2) is 7.40. The summed E-state index contributed by atoms with van der Waals surface area (Å²) in [5, 5.41) is 4.34. The van der Waals surface area contributed by atoms with E-state index in [1.807, 2.05) is 24.3 Å². The van der Waals surface area contributed by atoms with Crippen molar-refractivity contribution in [2.45, 2.75) is 13.3 Å². The highest BCUT2D eigenvalue weighted by Gasteiger charge is 2.13. The third-order valence-corrected chi connectivity index (χ3v) is 3.04. The molecule has 1 aromatic carbocycles. The summed E-state index contributed by atoms with van der Waals surface area (Å²) in [5.41, 5.74) is 0.204. The maximum Gasteiger partial charge on any atom is 0.357 e. The van der Waals surface area contributed by atoms with Crippen LogP contribution >= 0.6 is 0 Å². The first-order valence-electron chi connectivity index (χ1n) is 6.97. The molecule has 1 N–H and O–H groups in total. The molecule has 0 aliphatic heterocycles. The van der Waals surface area contributed by atoms with Gasteiger partial charge in [-0.05, 0) is 23.9 Å². The van der Waals surface area contributed by atoms with Gasteiger partial charge in [-0.2, -0.15) is 0 Å². The zero-order valence-electron chi connectivity index (χ0n) is 12.6. The second-order valence-electron chi connectivity index (χ2n) is 4.71. The minimum absolute atomic E-state index is 0.104. The van der Waals surface area contributed by atoms with Crippen molar-refractivity contribution in [2.24, 2.45) is 0 Å². The molecular weight excluding hydrogens is 284 g/mol. The Morgan fingerprint density at radius 2 is 2.05 bits per heavy atom. The summed E-state index contributed by atoms with van der Waals surface area (Å²) >= 11 is 0. The van der Waals surface area contributed by atoms with Crippen molar-refractivity contribution in [3.63, 3.8) is 0 Å². The van der Waals surface area contributed by atoms with Crippen LogP contribution in [0.5, 0.6) is 5.88 Å². The molecule has 1 amide bonds. The van der Waals surface area contributed by atoms with E-state index in [0.29, 0.717) is 18.8 Å². The monoisotopic (exact) mass is 302 g/mol. The van der Waals surface area contributed by atoms with Crippen molar-refractivity contribution in [2.75, 3.05) is 20.3 Å². The normalized spacial score (nSPS) is 10.3. The maximum atomic E-state index is 12.0. The van der Waals surface area contributed by atoms with E-state index in [2.05, 4.69) is 10.3 Å². The van der Waals surface area contributed by atoms with Crippen LogP contribution in [-0.2, 0) is 9.53 Å². The molecule has 0 spiro atoms. The molecule has 0 saturated carbocycles. The minimum Gasteiger partial charge on any atom is -0.481 e. The summed E-state index contributed by atoms with van der Waals surface area (Å²) in [4.78, 5) is 26.9. The number of hydrogen-bond donors (Lipinski definition) is 1. The van der Waals surface area contributed by atoms with Crippen molar-refractivity contribution in [3.05, 3.63) is 36.0 Å². The SMILES string of the molecule is COc1nc(C(=O)OCCCNC(C)=O)cc2ccccc12. The number of fused-ring (bicyclic) bond motifs is 1. The number of aromatic nitrogens is 1. The number of rotatable bonds is 6. The van der Waals surface area contributed by atoms with Gasteiger partial charge in [0.15, 0.2) is 5.69 Å². The summed E-state index contributed by atoms with van der Waals surface area (Å²) in [6.45, 7) is 2.13. The van der Waals surface area contributed by atoms with Gasteiger partial charge in [-0.1, -0.05) is 18.2 Å². The molecule has 0 saturated heterocycles. The van der Waals surface area contributed by atoms with Gasteiger partial charge in [-0.3, -0.25) is 4.79 Å². The van der Waals surface area contributed by atoms with Crippen LogP contribution in [0.3, 0.4) is 0 Å². The Labute approximate surface area is 128 Å². The molecule has 0 unspecified atom stereocenters. The predicted octanol–water partition coefficient (Wildman–Crippen LogP) is 1.93. The number of benzene rings is 1. The topological polar surface area (TPSA) is 77.5 Å².